The Morgan fingerprint density at radius 2 is 1.91 bits per heavy atom. The lowest BCUT2D eigenvalue weighted by Gasteiger charge is -2.12. The smallest absolute Gasteiger partial charge is 0.236 e. The Hall–Kier alpha value is -0.650. The molecule has 0 unspecified atom stereocenters. The fraction of sp³-hybridized carbons (Fsp3) is 0.833. The lowest BCUT2D eigenvalue weighted by molar-refractivity contribution is -0.129. The third kappa shape index (κ3) is 1.68. The van der Waals surface area contributed by atoms with Gasteiger partial charge in [-0.25, -0.2) is 0 Å². The van der Waals surface area contributed by atoms with Crippen molar-refractivity contribution in [2.24, 2.45) is 5.73 Å². The van der Waals surface area contributed by atoms with E-state index in [0.717, 1.165) is 0 Å². The van der Waals surface area contributed by atoms with E-state index in [1.807, 2.05) is 0 Å². The molecule has 0 bridgehead atoms. The van der Waals surface area contributed by atoms with Gasteiger partial charge in [0.1, 0.15) is 0 Å². The van der Waals surface area contributed by atoms with Gasteiger partial charge in [0.2, 0.25) is 5.91 Å². The van der Waals surface area contributed by atoms with Crippen molar-refractivity contribution in [1.29, 1.82) is 0 Å². The van der Waals surface area contributed by atoms with Gasteiger partial charge in [0, 0.05) is 13.1 Å². The van der Waals surface area contributed by atoms with Gasteiger partial charge in [0.25, 0.3) is 0 Å². The van der Waals surface area contributed by atoms with Crippen molar-refractivity contribution >= 4 is 5.91 Å². The van der Waals surface area contributed by atoms with Crippen molar-refractivity contribution in [1.82, 2.24) is 4.90 Å². The molecule has 1 fully saturated rings. The van der Waals surface area contributed by atoms with Crippen LogP contribution in [0, 0.1) is 0 Å². The number of hydrogen-bond acceptors (Lipinski definition) is 4. The van der Waals surface area contributed by atoms with Crippen LogP contribution >= 0.6 is 0 Å². The highest BCUT2D eigenvalue weighted by Gasteiger charge is 2.31. The molecule has 5 nitrogen and oxygen atoms in total. The number of likely N-dealkylation sites (tertiary alicyclic amines) is 1. The van der Waals surface area contributed by atoms with E-state index in [0.29, 0.717) is 0 Å². The van der Waals surface area contributed by atoms with Gasteiger partial charge in [-0.1, -0.05) is 0 Å². The summed E-state index contributed by atoms with van der Waals surface area (Å²) in [7, 11) is 0. The number of β-amino-alcohol motifs (C(OH)–C–C–N with tert-alkyl or cyclic N) is 2. The van der Waals surface area contributed by atoms with Crippen molar-refractivity contribution in [3.05, 3.63) is 0 Å². The first-order chi connectivity index (χ1) is 5.15. The first-order valence-corrected chi connectivity index (χ1v) is 3.49. The lowest BCUT2D eigenvalue weighted by Crippen LogP contribution is -2.34. The molecule has 1 amide bonds. The van der Waals surface area contributed by atoms with Crippen molar-refractivity contribution in [3.8, 4) is 0 Å². The molecule has 1 saturated heterocycles. The van der Waals surface area contributed by atoms with E-state index in [9.17, 15) is 4.79 Å². The van der Waals surface area contributed by atoms with Crippen LogP contribution < -0.4 is 5.73 Å². The molecule has 0 radical (unpaired) electrons. The van der Waals surface area contributed by atoms with Crippen LogP contribution in [-0.4, -0.2) is 52.9 Å². The summed E-state index contributed by atoms with van der Waals surface area (Å²) in [4.78, 5) is 12.2. The minimum Gasteiger partial charge on any atom is -0.388 e. The third-order valence-corrected chi connectivity index (χ3v) is 1.79. The van der Waals surface area contributed by atoms with Gasteiger partial charge in [0.15, 0.2) is 0 Å². The van der Waals surface area contributed by atoms with Crippen LogP contribution in [-0.2, 0) is 4.79 Å². The molecular weight excluding hydrogens is 148 g/mol. The van der Waals surface area contributed by atoms with Crippen molar-refractivity contribution in [2.75, 3.05) is 19.6 Å². The topological polar surface area (TPSA) is 86.8 Å². The predicted octanol–water partition coefficient (Wildman–Crippen LogP) is -2.49. The number of carbonyl (C=O) groups is 1. The van der Waals surface area contributed by atoms with Crippen molar-refractivity contribution in [2.45, 2.75) is 12.2 Å². The Morgan fingerprint density at radius 3 is 2.27 bits per heavy atom. The van der Waals surface area contributed by atoms with E-state index in [1.165, 1.54) is 4.90 Å². The standard InChI is InChI=1S/C6H12N2O3/c7-1-6(11)8-2-4(9)5(10)3-8/h4-5,9-10H,1-3,7H2/t4-,5-/m0/s1. The van der Waals surface area contributed by atoms with Crippen LogP contribution in [0.25, 0.3) is 0 Å². The Balaban J connectivity index is 2.46. The van der Waals surface area contributed by atoms with E-state index in [-0.39, 0.29) is 25.5 Å². The van der Waals surface area contributed by atoms with Crippen LogP contribution in [0.15, 0.2) is 0 Å². The number of nitrogens with zero attached hydrogens (tertiary/aromatic N) is 1. The van der Waals surface area contributed by atoms with Crippen LogP contribution in [0.2, 0.25) is 0 Å². The predicted molar refractivity (Wildman–Crippen MR) is 37.6 cm³/mol. The number of carbonyl (C=O) groups excluding carboxylic acids is 1. The van der Waals surface area contributed by atoms with Gasteiger partial charge in [-0.3, -0.25) is 4.79 Å². The molecule has 11 heavy (non-hydrogen) atoms. The fourth-order valence-electron chi connectivity index (χ4n) is 1.10. The zero-order valence-electron chi connectivity index (χ0n) is 6.10. The normalized spacial score (nSPS) is 31.0. The minimum absolute atomic E-state index is 0.0700. The quantitative estimate of drug-likeness (QED) is 0.396. The number of amides is 1. The van der Waals surface area contributed by atoms with Crippen LogP contribution in [0.5, 0.6) is 0 Å². The van der Waals surface area contributed by atoms with Gasteiger partial charge in [-0.15, -0.1) is 0 Å². The third-order valence-electron chi connectivity index (χ3n) is 1.79. The second kappa shape index (κ2) is 3.17. The molecule has 0 aromatic heterocycles. The average Bonchev–Trinajstić information content (AvgIpc) is 2.31. The molecule has 0 saturated carbocycles. The summed E-state index contributed by atoms with van der Waals surface area (Å²) < 4.78 is 0. The van der Waals surface area contributed by atoms with Crippen LogP contribution in [0.4, 0.5) is 0 Å². The van der Waals surface area contributed by atoms with Gasteiger partial charge in [-0.2, -0.15) is 0 Å². The molecule has 0 spiro atoms. The Bertz CT molecular complexity index is 152. The molecule has 1 heterocycles. The first-order valence-electron chi connectivity index (χ1n) is 3.49. The Kier molecular flexibility index (Phi) is 2.43. The highest BCUT2D eigenvalue weighted by molar-refractivity contribution is 5.78. The first kappa shape index (κ1) is 8.45. The highest BCUT2D eigenvalue weighted by atomic mass is 16.3. The van der Waals surface area contributed by atoms with E-state index in [4.69, 9.17) is 15.9 Å². The molecule has 64 valence electrons. The molecule has 1 aliphatic heterocycles. The van der Waals surface area contributed by atoms with Crippen LogP contribution in [0.1, 0.15) is 0 Å². The average molecular weight is 160 g/mol. The van der Waals surface area contributed by atoms with Crippen molar-refractivity contribution < 1.29 is 15.0 Å². The Morgan fingerprint density at radius 1 is 1.45 bits per heavy atom. The lowest BCUT2D eigenvalue weighted by atomic mass is 10.3. The fourth-order valence-corrected chi connectivity index (χ4v) is 1.10. The molecule has 0 aromatic carbocycles. The molecule has 0 aromatic rings. The van der Waals surface area contributed by atoms with Gasteiger partial charge in [0.05, 0.1) is 18.8 Å². The molecule has 0 aliphatic carbocycles. The van der Waals surface area contributed by atoms with E-state index in [2.05, 4.69) is 0 Å². The van der Waals surface area contributed by atoms with Crippen molar-refractivity contribution in [3.63, 3.8) is 0 Å². The van der Waals surface area contributed by atoms with E-state index >= 15 is 0 Å². The summed E-state index contributed by atoms with van der Waals surface area (Å²) in [6.07, 6.45) is -1.63. The maximum atomic E-state index is 10.9. The number of aliphatic hydroxyl groups is 2. The maximum absolute atomic E-state index is 10.9. The number of hydrogen-bond donors (Lipinski definition) is 3. The number of aliphatic hydroxyl groups excluding tert-OH is 2. The largest absolute Gasteiger partial charge is 0.388 e. The van der Waals surface area contributed by atoms with Crippen LogP contribution in [0.3, 0.4) is 0 Å². The zero-order valence-corrected chi connectivity index (χ0v) is 6.10. The molecule has 4 N–H and O–H groups in total. The highest BCUT2D eigenvalue weighted by Crippen LogP contribution is 2.08. The van der Waals surface area contributed by atoms with E-state index < -0.39 is 12.2 Å². The number of rotatable bonds is 1. The molecule has 5 heteroatoms. The monoisotopic (exact) mass is 160 g/mol. The minimum atomic E-state index is -0.814. The summed E-state index contributed by atoms with van der Waals surface area (Å²) in [5.41, 5.74) is 5.09. The second-order valence-corrected chi connectivity index (χ2v) is 2.64. The summed E-state index contributed by atoms with van der Waals surface area (Å²) >= 11 is 0. The number of nitrogens with two attached hydrogens (primary N) is 1. The Labute approximate surface area is 64.4 Å². The van der Waals surface area contributed by atoms with Gasteiger partial charge in [-0.05, 0) is 0 Å². The SMILES string of the molecule is NCC(=O)N1C[C@H](O)[C@@H](O)C1. The summed E-state index contributed by atoms with van der Waals surface area (Å²) in [5, 5.41) is 18.1. The summed E-state index contributed by atoms with van der Waals surface area (Å²) in [5.74, 6) is -0.236. The maximum Gasteiger partial charge on any atom is 0.236 e. The second-order valence-electron chi connectivity index (χ2n) is 2.64. The molecule has 1 aliphatic rings. The summed E-state index contributed by atoms with van der Waals surface area (Å²) in [6, 6.07) is 0. The molecule has 1 rings (SSSR count). The zero-order chi connectivity index (χ0) is 8.43. The molecular formula is C6H12N2O3. The van der Waals surface area contributed by atoms with E-state index in [1.54, 1.807) is 0 Å². The summed E-state index contributed by atoms with van der Waals surface area (Å²) in [6.45, 7) is 0.313. The van der Waals surface area contributed by atoms with Gasteiger partial charge >= 0.3 is 0 Å². The molecule has 2 atom stereocenters. The van der Waals surface area contributed by atoms with Gasteiger partial charge < -0.3 is 20.8 Å².